The van der Waals surface area contributed by atoms with Crippen LogP contribution in [0.25, 0.3) is 0 Å². The van der Waals surface area contributed by atoms with Gasteiger partial charge in [-0.15, -0.1) is 0 Å². The molecule has 22 heavy (non-hydrogen) atoms. The maximum Gasteiger partial charge on any atom is 0.223 e. The van der Waals surface area contributed by atoms with Crippen LogP contribution in [0.5, 0.6) is 0 Å². The van der Waals surface area contributed by atoms with Crippen molar-refractivity contribution in [2.75, 3.05) is 19.8 Å². The number of rotatable bonds is 8. The first-order chi connectivity index (χ1) is 10.6. The lowest BCUT2D eigenvalue weighted by Gasteiger charge is -2.12. The molecule has 2 saturated carbocycles. The van der Waals surface area contributed by atoms with Crippen LogP contribution in [0.2, 0.25) is 0 Å². The lowest BCUT2D eigenvalue weighted by atomic mass is 10.1. The summed E-state index contributed by atoms with van der Waals surface area (Å²) in [5.74, 6) is 0.308. The number of halogens is 1. The third-order valence-electron chi connectivity index (χ3n) is 4.28. The van der Waals surface area contributed by atoms with Crippen molar-refractivity contribution in [2.24, 2.45) is 11.8 Å². The summed E-state index contributed by atoms with van der Waals surface area (Å²) >= 11 is 0. The molecular formula is C17H22FNO3. The van der Waals surface area contributed by atoms with Crippen LogP contribution in [0.15, 0.2) is 24.3 Å². The van der Waals surface area contributed by atoms with Gasteiger partial charge in [-0.1, -0.05) is 12.1 Å². The van der Waals surface area contributed by atoms with E-state index in [2.05, 4.69) is 5.32 Å². The summed E-state index contributed by atoms with van der Waals surface area (Å²) in [6.07, 6.45) is 2.50. The predicted molar refractivity (Wildman–Crippen MR) is 79.8 cm³/mol. The van der Waals surface area contributed by atoms with E-state index in [0.717, 1.165) is 12.0 Å². The van der Waals surface area contributed by atoms with E-state index in [9.17, 15) is 14.3 Å². The Kier molecular flexibility index (Phi) is 4.74. The van der Waals surface area contributed by atoms with E-state index in [0.29, 0.717) is 12.5 Å². The fraction of sp³-hybridized carbons (Fsp3) is 0.588. The van der Waals surface area contributed by atoms with Gasteiger partial charge in [0, 0.05) is 19.1 Å². The van der Waals surface area contributed by atoms with E-state index < -0.39 is 6.10 Å². The molecule has 1 aromatic carbocycles. The quantitative estimate of drug-likeness (QED) is 0.770. The molecule has 0 bridgehead atoms. The number of benzene rings is 1. The summed E-state index contributed by atoms with van der Waals surface area (Å²) in [5.41, 5.74) is 0.869. The summed E-state index contributed by atoms with van der Waals surface area (Å²) < 4.78 is 18.6. The molecule has 0 radical (unpaired) electrons. The van der Waals surface area contributed by atoms with Gasteiger partial charge in [-0.2, -0.15) is 0 Å². The van der Waals surface area contributed by atoms with Gasteiger partial charge < -0.3 is 15.2 Å². The molecule has 3 rings (SSSR count). The van der Waals surface area contributed by atoms with Gasteiger partial charge in [-0.3, -0.25) is 4.79 Å². The van der Waals surface area contributed by atoms with Gasteiger partial charge in [-0.25, -0.2) is 4.39 Å². The maximum atomic E-state index is 13.2. The first-order valence-corrected chi connectivity index (χ1v) is 7.92. The SMILES string of the molecule is O=C(NC[C@H](O)COCC1CC1)[C@@H]1C[C@@H]1c1cccc(F)c1. The number of aliphatic hydroxyl groups excluding tert-OH is 1. The summed E-state index contributed by atoms with van der Waals surface area (Å²) in [4.78, 5) is 12.0. The number of amides is 1. The van der Waals surface area contributed by atoms with Gasteiger partial charge in [0.15, 0.2) is 0 Å². The van der Waals surface area contributed by atoms with Gasteiger partial charge >= 0.3 is 0 Å². The molecule has 1 amide bonds. The molecule has 1 aromatic rings. The van der Waals surface area contributed by atoms with Crippen LogP contribution >= 0.6 is 0 Å². The van der Waals surface area contributed by atoms with E-state index in [1.54, 1.807) is 6.07 Å². The highest BCUT2D eigenvalue weighted by Crippen LogP contribution is 2.47. The average Bonchev–Trinajstić information content (AvgIpc) is 3.37. The fourth-order valence-corrected chi connectivity index (χ4v) is 2.65. The minimum absolute atomic E-state index is 0.0736. The largest absolute Gasteiger partial charge is 0.389 e. The number of ether oxygens (including phenoxy) is 1. The zero-order chi connectivity index (χ0) is 15.5. The third kappa shape index (κ3) is 4.27. The molecule has 2 aliphatic carbocycles. The second kappa shape index (κ2) is 6.75. The van der Waals surface area contributed by atoms with Gasteiger partial charge in [0.2, 0.25) is 5.91 Å². The summed E-state index contributed by atoms with van der Waals surface area (Å²) in [6.45, 7) is 1.17. The number of hydrogen-bond acceptors (Lipinski definition) is 3. The molecule has 0 heterocycles. The second-order valence-corrected chi connectivity index (χ2v) is 6.38. The van der Waals surface area contributed by atoms with Crippen molar-refractivity contribution in [2.45, 2.75) is 31.3 Å². The Balaban J connectivity index is 1.36. The molecule has 120 valence electrons. The minimum Gasteiger partial charge on any atom is -0.389 e. The Bertz CT molecular complexity index is 532. The summed E-state index contributed by atoms with van der Waals surface area (Å²) in [5, 5.41) is 12.5. The van der Waals surface area contributed by atoms with Crippen molar-refractivity contribution < 1.29 is 19.0 Å². The third-order valence-corrected chi connectivity index (χ3v) is 4.28. The van der Waals surface area contributed by atoms with E-state index in [4.69, 9.17) is 4.74 Å². The van der Waals surface area contributed by atoms with E-state index in [-0.39, 0.29) is 36.7 Å². The van der Waals surface area contributed by atoms with Crippen LogP contribution < -0.4 is 5.32 Å². The molecule has 4 nitrogen and oxygen atoms in total. The van der Waals surface area contributed by atoms with E-state index in [1.165, 1.54) is 25.0 Å². The molecule has 0 spiro atoms. The zero-order valence-corrected chi connectivity index (χ0v) is 12.5. The molecule has 2 N–H and O–H groups in total. The number of aliphatic hydroxyl groups is 1. The summed E-state index contributed by atoms with van der Waals surface area (Å²) in [7, 11) is 0. The Hall–Kier alpha value is -1.46. The molecule has 0 saturated heterocycles. The monoisotopic (exact) mass is 307 g/mol. The zero-order valence-electron chi connectivity index (χ0n) is 12.5. The average molecular weight is 307 g/mol. The van der Waals surface area contributed by atoms with Crippen molar-refractivity contribution in [1.29, 1.82) is 0 Å². The molecular weight excluding hydrogens is 285 g/mol. The first kappa shape index (κ1) is 15.4. The summed E-state index contributed by atoms with van der Waals surface area (Å²) in [6, 6.07) is 6.40. The van der Waals surface area contributed by atoms with Crippen LogP contribution in [0.3, 0.4) is 0 Å². The number of nitrogens with one attached hydrogen (secondary N) is 1. The lowest BCUT2D eigenvalue weighted by Crippen LogP contribution is -2.35. The van der Waals surface area contributed by atoms with Crippen LogP contribution in [-0.2, 0) is 9.53 Å². The maximum absolute atomic E-state index is 13.2. The number of carbonyl (C=O) groups excluding carboxylic acids is 1. The Morgan fingerprint density at radius 3 is 3.00 bits per heavy atom. The first-order valence-electron chi connectivity index (χ1n) is 7.92. The standard InChI is InChI=1S/C17H22FNO3/c18-13-3-1-2-12(6-13)15-7-16(15)17(21)19-8-14(20)10-22-9-11-4-5-11/h1-3,6,11,14-16,20H,4-5,7-10H2,(H,19,21)/t14-,15+,16+/m0/s1. The predicted octanol–water partition coefficient (Wildman–Crippen LogP) is 1.83. The van der Waals surface area contributed by atoms with Gasteiger partial charge in [0.1, 0.15) is 5.82 Å². The normalized spacial score (nSPS) is 24.8. The second-order valence-electron chi connectivity index (χ2n) is 6.38. The van der Waals surface area contributed by atoms with Crippen LogP contribution in [-0.4, -0.2) is 36.9 Å². The van der Waals surface area contributed by atoms with E-state index in [1.807, 2.05) is 6.07 Å². The Morgan fingerprint density at radius 2 is 2.27 bits per heavy atom. The van der Waals surface area contributed by atoms with Crippen molar-refractivity contribution in [3.05, 3.63) is 35.6 Å². The molecule has 0 aromatic heterocycles. The molecule has 0 aliphatic heterocycles. The lowest BCUT2D eigenvalue weighted by molar-refractivity contribution is -0.123. The van der Waals surface area contributed by atoms with Crippen molar-refractivity contribution in [3.63, 3.8) is 0 Å². The van der Waals surface area contributed by atoms with E-state index >= 15 is 0 Å². The van der Waals surface area contributed by atoms with Gasteiger partial charge in [0.25, 0.3) is 0 Å². The van der Waals surface area contributed by atoms with Crippen LogP contribution in [0, 0.1) is 17.7 Å². The highest BCUT2D eigenvalue weighted by Gasteiger charge is 2.43. The molecule has 3 atom stereocenters. The molecule has 5 heteroatoms. The van der Waals surface area contributed by atoms with Crippen LogP contribution in [0.1, 0.15) is 30.7 Å². The topological polar surface area (TPSA) is 58.6 Å². The molecule has 2 fully saturated rings. The number of hydrogen-bond donors (Lipinski definition) is 2. The highest BCUT2D eigenvalue weighted by molar-refractivity contribution is 5.82. The van der Waals surface area contributed by atoms with Crippen molar-refractivity contribution in [3.8, 4) is 0 Å². The Morgan fingerprint density at radius 1 is 1.45 bits per heavy atom. The number of carbonyl (C=O) groups is 1. The highest BCUT2D eigenvalue weighted by atomic mass is 19.1. The van der Waals surface area contributed by atoms with Crippen LogP contribution in [0.4, 0.5) is 4.39 Å². The fourth-order valence-electron chi connectivity index (χ4n) is 2.65. The molecule has 2 aliphatic rings. The Labute approximate surface area is 129 Å². The minimum atomic E-state index is -0.672. The van der Waals surface area contributed by atoms with Crippen molar-refractivity contribution in [1.82, 2.24) is 5.32 Å². The molecule has 0 unspecified atom stereocenters. The van der Waals surface area contributed by atoms with Gasteiger partial charge in [0.05, 0.1) is 12.7 Å². The van der Waals surface area contributed by atoms with Gasteiger partial charge in [-0.05, 0) is 48.8 Å². The van der Waals surface area contributed by atoms with Crippen molar-refractivity contribution >= 4 is 5.91 Å². The smallest absolute Gasteiger partial charge is 0.223 e.